The predicted octanol–water partition coefficient (Wildman–Crippen LogP) is 2.24. The van der Waals surface area contributed by atoms with Crippen LogP contribution in [0, 0.1) is 6.92 Å². The molecule has 0 saturated heterocycles. The van der Waals surface area contributed by atoms with Crippen LogP contribution in [0.5, 0.6) is 0 Å². The van der Waals surface area contributed by atoms with Crippen LogP contribution < -0.4 is 4.31 Å². The van der Waals surface area contributed by atoms with Crippen LogP contribution in [0.2, 0.25) is 0 Å². The molecule has 0 unspecified atom stereocenters. The van der Waals surface area contributed by atoms with Crippen molar-refractivity contribution in [3.63, 3.8) is 0 Å². The van der Waals surface area contributed by atoms with Crippen LogP contribution in [0.15, 0.2) is 45.7 Å². The van der Waals surface area contributed by atoms with Gasteiger partial charge in [0, 0.05) is 12.3 Å². The van der Waals surface area contributed by atoms with Gasteiger partial charge in [0.15, 0.2) is 0 Å². The largest absolute Gasteiger partial charge is 0.424 e. The summed E-state index contributed by atoms with van der Waals surface area (Å²) in [5, 5.41) is 9.26. The van der Waals surface area contributed by atoms with Crippen molar-refractivity contribution in [2.75, 3.05) is 4.31 Å². The lowest BCUT2D eigenvalue weighted by molar-refractivity contribution is 0.468. The molecule has 0 spiro atoms. The zero-order chi connectivity index (χ0) is 14.6. The Hall–Kier alpha value is -2.41. The molecule has 106 valence electrons. The predicted molar refractivity (Wildman–Crippen MR) is 76.4 cm³/mol. The molecule has 0 bridgehead atoms. The summed E-state index contributed by atoms with van der Waals surface area (Å²) < 4.78 is 32.0. The highest BCUT2D eigenvalue weighted by Gasteiger charge is 2.36. The molecule has 0 aliphatic carbocycles. The second-order valence-corrected chi connectivity index (χ2v) is 6.69. The van der Waals surface area contributed by atoms with Crippen LogP contribution >= 0.6 is 0 Å². The fraction of sp³-hybridized carbons (Fsp3) is 0.143. The summed E-state index contributed by atoms with van der Waals surface area (Å²) in [5.41, 5.74) is 0.652. The van der Waals surface area contributed by atoms with Gasteiger partial charge >= 0.3 is 0 Å². The quantitative estimate of drug-likeness (QED) is 0.725. The molecule has 0 radical (unpaired) electrons. The summed E-state index contributed by atoms with van der Waals surface area (Å²) in [4.78, 5) is 0.326. The molecular weight excluding hydrogens is 290 g/mol. The Morgan fingerprint density at radius 1 is 1.14 bits per heavy atom. The van der Waals surface area contributed by atoms with Crippen molar-refractivity contribution in [2.45, 2.75) is 18.4 Å². The maximum Gasteiger partial charge on any atom is 0.265 e. The summed E-state index contributed by atoms with van der Waals surface area (Å²) in [7, 11) is -3.58. The minimum Gasteiger partial charge on any atom is -0.424 e. The third kappa shape index (κ3) is 1.67. The molecule has 2 heterocycles. The van der Waals surface area contributed by atoms with Gasteiger partial charge in [-0.15, -0.1) is 10.2 Å². The molecule has 2 aromatic carbocycles. The highest BCUT2D eigenvalue weighted by Crippen LogP contribution is 2.42. The number of rotatable bonds is 2. The molecule has 7 heteroatoms. The van der Waals surface area contributed by atoms with E-state index in [0.717, 1.165) is 10.8 Å². The minimum atomic E-state index is -3.58. The zero-order valence-electron chi connectivity index (χ0n) is 11.1. The fourth-order valence-electron chi connectivity index (χ4n) is 2.65. The van der Waals surface area contributed by atoms with Gasteiger partial charge in [-0.05, 0) is 17.5 Å². The van der Waals surface area contributed by atoms with Crippen LogP contribution in [0.1, 0.15) is 11.8 Å². The highest BCUT2D eigenvalue weighted by atomic mass is 32.2. The SMILES string of the molecule is Cc1nnc(CN2c3cccc4cccc(c34)S2(=O)=O)o1. The summed E-state index contributed by atoms with van der Waals surface area (Å²) in [6.07, 6.45) is 0. The van der Waals surface area contributed by atoms with Crippen molar-refractivity contribution < 1.29 is 12.8 Å². The average Bonchev–Trinajstić information content (AvgIpc) is 2.96. The van der Waals surface area contributed by atoms with Gasteiger partial charge in [-0.25, -0.2) is 8.42 Å². The molecule has 4 rings (SSSR count). The summed E-state index contributed by atoms with van der Waals surface area (Å²) in [5.74, 6) is 0.693. The first-order valence-electron chi connectivity index (χ1n) is 6.41. The monoisotopic (exact) mass is 301 g/mol. The molecule has 6 nitrogen and oxygen atoms in total. The lowest BCUT2D eigenvalue weighted by atomic mass is 10.1. The average molecular weight is 301 g/mol. The number of sulfonamides is 1. The third-order valence-electron chi connectivity index (χ3n) is 3.53. The molecule has 0 fully saturated rings. The Kier molecular flexibility index (Phi) is 2.38. The zero-order valence-corrected chi connectivity index (χ0v) is 12.0. The van der Waals surface area contributed by atoms with Crippen molar-refractivity contribution in [1.29, 1.82) is 0 Å². The summed E-state index contributed by atoms with van der Waals surface area (Å²) in [6, 6.07) is 10.8. The maximum atomic E-state index is 12.7. The number of aryl methyl sites for hydroxylation is 1. The second-order valence-electron chi connectivity index (χ2n) is 4.86. The van der Waals surface area contributed by atoms with E-state index in [2.05, 4.69) is 10.2 Å². The van der Waals surface area contributed by atoms with Gasteiger partial charge in [0.1, 0.15) is 6.54 Å². The molecule has 3 aromatic rings. The van der Waals surface area contributed by atoms with Gasteiger partial charge in [0.05, 0.1) is 10.6 Å². The van der Waals surface area contributed by atoms with Crippen molar-refractivity contribution >= 4 is 26.5 Å². The van der Waals surface area contributed by atoms with Crippen molar-refractivity contribution in [2.24, 2.45) is 0 Å². The molecule has 0 atom stereocenters. The van der Waals surface area contributed by atoms with E-state index in [1.54, 1.807) is 25.1 Å². The molecule has 0 amide bonds. The van der Waals surface area contributed by atoms with Crippen LogP contribution in [0.3, 0.4) is 0 Å². The van der Waals surface area contributed by atoms with E-state index in [1.165, 1.54) is 4.31 Å². The van der Waals surface area contributed by atoms with Gasteiger partial charge in [0.25, 0.3) is 10.0 Å². The smallest absolute Gasteiger partial charge is 0.265 e. The second kappa shape index (κ2) is 4.05. The van der Waals surface area contributed by atoms with Crippen LogP contribution in [-0.2, 0) is 16.6 Å². The van der Waals surface area contributed by atoms with E-state index >= 15 is 0 Å². The molecule has 1 aliphatic rings. The third-order valence-corrected chi connectivity index (χ3v) is 5.33. The number of anilines is 1. The summed E-state index contributed by atoms with van der Waals surface area (Å²) in [6.45, 7) is 1.71. The van der Waals surface area contributed by atoms with Gasteiger partial charge in [0.2, 0.25) is 11.8 Å². The standard InChI is InChI=1S/C14H11N3O3S/c1-9-15-16-13(20-9)8-17-11-6-2-4-10-5-3-7-12(14(10)11)21(17,18)19/h2-7H,8H2,1H3. The number of aromatic nitrogens is 2. The molecule has 1 aliphatic heterocycles. The van der Waals surface area contributed by atoms with Crippen molar-refractivity contribution in [1.82, 2.24) is 10.2 Å². The lowest BCUT2D eigenvalue weighted by Gasteiger charge is -2.16. The van der Waals surface area contributed by atoms with Gasteiger partial charge < -0.3 is 4.42 Å². The van der Waals surface area contributed by atoms with Crippen LogP contribution in [0.4, 0.5) is 5.69 Å². The first-order valence-corrected chi connectivity index (χ1v) is 7.85. The van der Waals surface area contributed by atoms with E-state index in [9.17, 15) is 8.42 Å². The van der Waals surface area contributed by atoms with Gasteiger partial charge in [-0.1, -0.05) is 24.3 Å². The number of benzene rings is 2. The maximum absolute atomic E-state index is 12.7. The van der Waals surface area contributed by atoms with Crippen molar-refractivity contribution in [3.05, 3.63) is 48.2 Å². The van der Waals surface area contributed by atoms with Gasteiger partial charge in [-0.3, -0.25) is 4.31 Å². The number of nitrogens with zero attached hydrogens (tertiary/aromatic N) is 3. The highest BCUT2D eigenvalue weighted by molar-refractivity contribution is 7.93. The summed E-state index contributed by atoms with van der Waals surface area (Å²) >= 11 is 0. The first kappa shape index (κ1) is 12.3. The fourth-order valence-corrected chi connectivity index (χ4v) is 4.31. The van der Waals surface area contributed by atoms with Gasteiger partial charge in [-0.2, -0.15) is 0 Å². The number of hydrogen-bond acceptors (Lipinski definition) is 5. The molecule has 1 aromatic heterocycles. The van der Waals surface area contributed by atoms with E-state index in [4.69, 9.17) is 4.42 Å². The van der Waals surface area contributed by atoms with E-state index in [1.807, 2.05) is 18.2 Å². The first-order chi connectivity index (χ1) is 10.1. The molecule has 0 saturated carbocycles. The van der Waals surface area contributed by atoms with Crippen LogP contribution in [0.25, 0.3) is 10.8 Å². The Morgan fingerprint density at radius 3 is 2.62 bits per heavy atom. The lowest BCUT2D eigenvalue weighted by Crippen LogP contribution is -2.26. The molecule has 0 N–H and O–H groups in total. The normalized spacial score (nSPS) is 15.8. The Morgan fingerprint density at radius 2 is 1.90 bits per heavy atom. The minimum absolute atomic E-state index is 0.0387. The van der Waals surface area contributed by atoms with E-state index < -0.39 is 10.0 Å². The molecular formula is C14H11N3O3S. The Labute approximate surface area is 121 Å². The van der Waals surface area contributed by atoms with Crippen LogP contribution in [-0.4, -0.2) is 18.6 Å². The Bertz CT molecular complexity index is 957. The van der Waals surface area contributed by atoms with Crippen molar-refractivity contribution in [3.8, 4) is 0 Å². The topological polar surface area (TPSA) is 76.3 Å². The van der Waals surface area contributed by atoms with E-state index in [0.29, 0.717) is 16.5 Å². The van der Waals surface area contributed by atoms with E-state index in [-0.39, 0.29) is 12.4 Å². The Balaban J connectivity index is 1.92. The number of hydrogen-bond donors (Lipinski definition) is 0. The molecule has 21 heavy (non-hydrogen) atoms.